The highest BCUT2D eigenvalue weighted by molar-refractivity contribution is 6.55. The van der Waals surface area contributed by atoms with Crippen LogP contribution < -0.4 is 0 Å². The van der Waals surface area contributed by atoms with Gasteiger partial charge in [0.1, 0.15) is 4.49 Å². The van der Waals surface area contributed by atoms with Crippen molar-refractivity contribution in [3.8, 4) is 0 Å². The lowest BCUT2D eigenvalue weighted by molar-refractivity contribution is -0.364. The Balaban J connectivity index is 2.89. The van der Waals surface area contributed by atoms with E-state index in [1.54, 1.807) is 6.08 Å². The quantitative estimate of drug-likeness (QED) is 0.717. The Kier molecular flexibility index (Phi) is 5.29. The van der Waals surface area contributed by atoms with Crippen LogP contribution >= 0.6 is 23.2 Å². The molecule has 1 unspecified atom stereocenters. The molecule has 0 aromatic rings. The molecule has 0 aromatic heterocycles. The SMILES string of the molecule is CCOC1(OCC)CC(C)(C)C(C=C(Cl)Cl)O1. The van der Waals surface area contributed by atoms with Crippen molar-refractivity contribution in [1.29, 1.82) is 0 Å². The third-order valence-corrected chi connectivity index (χ3v) is 3.01. The molecule has 1 saturated heterocycles. The van der Waals surface area contributed by atoms with Crippen molar-refractivity contribution in [3.63, 3.8) is 0 Å². The van der Waals surface area contributed by atoms with E-state index >= 15 is 0 Å². The van der Waals surface area contributed by atoms with E-state index in [9.17, 15) is 0 Å². The van der Waals surface area contributed by atoms with Crippen LogP contribution in [0.5, 0.6) is 0 Å². The summed E-state index contributed by atoms with van der Waals surface area (Å²) >= 11 is 11.4. The summed E-state index contributed by atoms with van der Waals surface area (Å²) in [4.78, 5) is 0. The van der Waals surface area contributed by atoms with E-state index < -0.39 is 5.97 Å². The molecule has 3 nitrogen and oxygen atoms in total. The number of hydrogen-bond donors (Lipinski definition) is 0. The summed E-state index contributed by atoms with van der Waals surface area (Å²) in [5.41, 5.74) is -0.140. The lowest BCUT2D eigenvalue weighted by atomic mass is 9.85. The Morgan fingerprint density at radius 3 is 2.24 bits per heavy atom. The fourth-order valence-electron chi connectivity index (χ4n) is 2.08. The minimum Gasteiger partial charge on any atom is -0.328 e. The van der Waals surface area contributed by atoms with Gasteiger partial charge in [0.05, 0.1) is 6.10 Å². The monoisotopic (exact) mass is 282 g/mol. The van der Waals surface area contributed by atoms with Crippen LogP contribution in [0.15, 0.2) is 10.6 Å². The van der Waals surface area contributed by atoms with Gasteiger partial charge in [0.15, 0.2) is 0 Å². The van der Waals surface area contributed by atoms with Gasteiger partial charge >= 0.3 is 0 Å². The highest BCUT2D eigenvalue weighted by atomic mass is 35.5. The molecule has 1 aliphatic rings. The van der Waals surface area contributed by atoms with Crippen LogP contribution in [0.1, 0.15) is 34.1 Å². The molecule has 5 heteroatoms. The van der Waals surface area contributed by atoms with Gasteiger partial charge in [-0.1, -0.05) is 37.0 Å². The summed E-state index contributed by atoms with van der Waals surface area (Å²) < 4.78 is 17.3. The smallest absolute Gasteiger partial charge is 0.284 e. The van der Waals surface area contributed by atoms with Crippen molar-refractivity contribution in [3.05, 3.63) is 10.6 Å². The Morgan fingerprint density at radius 2 is 1.82 bits per heavy atom. The molecular formula is C12H20Cl2O3. The Labute approximate surface area is 113 Å². The van der Waals surface area contributed by atoms with Crippen molar-refractivity contribution in [2.45, 2.75) is 46.2 Å². The standard InChI is InChI=1S/C12H20Cl2O3/c1-5-15-12(16-6-2)8-11(3,4)9(17-12)7-10(13)14/h7,9H,5-6,8H2,1-4H3. The zero-order valence-corrected chi connectivity index (χ0v) is 12.3. The van der Waals surface area contributed by atoms with Gasteiger partial charge in [-0.25, -0.2) is 0 Å². The van der Waals surface area contributed by atoms with Gasteiger partial charge in [0.2, 0.25) is 0 Å². The average Bonchev–Trinajstić information content (AvgIpc) is 2.37. The molecule has 0 amide bonds. The fourth-order valence-corrected chi connectivity index (χ4v) is 2.31. The van der Waals surface area contributed by atoms with Gasteiger partial charge < -0.3 is 14.2 Å². The first kappa shape index (κ1) is 15.3. The van der Waals surface area contributed by atoms with E-state index in [0.29, 0.717) is 19.6 Å². The number of hydrogen-bond acceptors (Lipinski definition) is 3. The molecular weight excluding hydrogens is 263 g/mol. The maximum Gasteiger partial charge on any atom is 0.284 e. The highest BCUT2D eigenvalue weighted by Crippen LogP contribution is 2.46. The van der Waals surface area contributed by atoms with Crippen LogP contribution in [0.2, 0.25) is 0 Å². The van der Waals surface area contributed by atoms with Crippen LogP contribution in [0, 0.1) is 5.41 Å². The van der Waals surface area contributed by atoms with E-state index in [4.69, 9.17) is 37.4 Å². The third kappa shape index (κ3) is 3.83. The molecule has 0 radical (unpaired) electrons. The topological polar surface area (TPSA) is 27.7 Å². The summed E-state index contributed by atoms with van der Waals surface area (Å²) in [6.07, 6.45) is 2.11. The second-order valence-electron chi connectivity index (χ2n) is 4.71. The maximum atomic E-state index is 5.87. The molecule has 1 heterocycles. The van der Waals surface area contributed by atoms with E-state index in [0.717, 1.165) is 0 Å². The first-order valence-corrected chi connectivity index (χ1v) is 6.59. The number of rotatable bonds is 5. The van der Waals surface area contributed by atoms with E-state index in [1.807, 2.05) is 13.8 Å². The van der Waals surface area contributed by atoms with Crippen molar-refractivity contribution >= 4 is 23.2 Å². The summed E-state index contributed by atoms with van der Waals surface area (Å²) in [6.45, 7) is 9.03. The molecule has 17 heavy (non-hydrogen) atoms. The van der Waals surface area contributed by atoms with E-state index in [2.05, 4.69) is 13.8 Å². The van der Waals surface area contributed by atoms with Crippen molar-refractivity contribution in [2.24, 2.45) is 5.41 Å². The van der Waals surface area contributed by atoms with Crippen molar-refractivity contribution in [1.82, 2.24) is 0 Å². The molecule has 1 rings (SSSR count). The Hall–Kier alpha value is 0.200. The first-order chi connectivity index (χ1) is 7.85. The van der Waals surface area contributed by atoms with Crippen molar-refractivity contribution in [2.75, 3.05) is 13.2 Å². The first-order valence-electron chi connectivity index (χ1n) is 5.84. The largest absolute Gasteiger partial charge is 0.328 e. The summed E-state index contributed by atoms with van der Waals surface area (Å²) in [5, 5.41) is 0. The summed E-state index contributed by atoms with van der Waals surface area (Å²) in [6, 6.07) is 0. The number of ether oxygens (including phenoxy) is 3. The van der Waals surface area contributed by atoms with Gasteiger partial charge in [0, 0.05) is 25.0 Å². The number of halogens is 2. The average molecular weight is 283 g/mol. The molecule has 0 aromatic carbocycles. The van der Waals surface area contributed by atoms with Crippen LogP contribution in [-0.2, 0) is 14.2 Å². The predicted octanol–water partition coefficient (Wildman–Crippen LogP) is 3.85. The zero-order chi connectivity index (χ0) is 13.1. The molecule has 0 aliphatic carbocycles. The molecule has 1 atom stereocenters. The van der Waals surface area contributed by atoms with Gasteiger partial charge in [-0.3, -0.25) is 0 Å². The highest BCUT2D eigenvalue weighted by Gasteiger charge is 2.52. The third-order valence-electron chi connectivity index (χ3n) is 2.75. The zero-order valence-electron chi connectivity index (χ0n) is 10.8. The minimum atomic E-state index is -0.975. The molecule has 0 N–H and O–H groups in total. The second kappa shape index (κ2) is 5.89. The second-order valence-corrected chi connectivity index (χ2v) is 5.72. The van der Waals surface area contributed by atoms with Gasteiger partial charge in [-0.2, -0.15) is 0 Å². The molecule has 1 aliphatic heterocycles. The van der Waals surface area contributed by atoms with Crippen LogP contribution in [0.3, 0.4) is 0 Å². The molecule has 0 bridgehead atoms. The maximum absolute atomic E-state index is 5.87. The Bertz CT molecular complexity index is 279. The van der Waals surface area contributed by atoms with E-state index in [-0.39, 0.29) is 16.0 Å². The van der Waals surface area contributed by atoms with Crippen LogP contribution in [-0.4, -0.2) is 25.3 Å². The van der Waals surface area contributed by atoms with Crippen LogP contribution in [0.4, 0.5) is 0 Å². The van der Waals surface area contributed by atoms with Crippen molar-refractivity contribution < 1.29 is 14.2 Å². The van der Waals surface area contributed by atoms with Gasteiger partial charge in [-0.15, -0.1) is 0 Å². The lowest BCUT2D eigenvalue weighted by Gasteiger charge is -2.28. The normalized spacial score (nSPS) is 25.9. The summed E-state index contributed by atoms with van der Waals surface area (Å²) in [7, 11) is 0. The molecule has 0 spiro atoms. The summed E-state index contributed by atoms with van der Waals surface area (Å²) in [5.74, 6) is -0.975. The minimum absolute atomic E-state index is 0.140. The van der Waals surface area contributed by atoms with Gasteiger partial charge in [-0.05, 0) is 19.9 Å². The molecule has 0 saturated carbocycles. The molecule has 1 fully saturated rings. The van der Waals surface area contributed by atoms with E-state index in [1.165, 1.54) is 0 Å². The van der Waals surface area contributed by atoms with Crippen LogP contribution in [0.25, 0.3) is 0 Å². The molecule has 100 valence electrons. The predicted molar refractivity (Wildman–Crippen MR) is 69.0 cm³/mol. The fraction of sp³-hybridized carbons (Fsp3) is 0.833. The Morgan fingerprint density at radius 1 is 1.29 bits per heavy atom. The lowest BCUT2D eigenvalue weighted by Crippen LogP contribution is -2.36. The van der Waals surface area contributed by atoms with Gasteiger partial charge in [0.25, 0.3) is 5.97 Å².